The van der Waals surface area contributed by atoms with Crippen LogP contribution in [0.2, 0.25) is 0 Å². The number of carbonyl (C=O) groups is 2. The van der Waals surface area contributed by atoms with Crippen molar-refractivity contribution in [1.82, 2.24) is 4.98 Å². The molecule has 2 aromatic rings. The van der Waals surface area contributed by atoms with Gasteiger partial charge in [0.25, 0.3) is 5.91 Å². The van der Waals surface area contributed by atoms with E-state index in [4.69, 9.17) is 9.52 Å². The standard InChI is InChI=1S/C12H12N2O4S2/c1-19-6-8-2-3-9(18-8)11(17)14-12-13-7(5-20-12)4-10(15)16/h2-3,5H,4,6H2,1H3,(H,15,16)(H,13,14,17). The van der Waals surface area contributed by atoms with E-state index >= 15 is 0 Å². The van der Waals surface area contributed by atoms with Gasteiger partial charge in [0.2, 0.25) is 0 Å². The Balaban J connectivity index is 1.99. The number of aliphatic carboxylic acids is 1. The lowest BCUT2D eigenvalue weighted by molar-refractivity contribution is -0.136. The summed E-state index contributed by atoms with van der Waals surface area (Å²) in [4.78, 5) is 26.5. The van der Waals surface area contributed by atoms with Crippen LogP contribution in [0, 0.1) is 0 Å². The second kappa shape index (κ2) is 6.58. The molecular formula is C12H12N2O4S2. The fourth-order valence-electron chi connectivity index (χ4n) is 1.48. The van der Waals surface area contributed by atoms with Crippen LogP contribution in [0.3, 0.4) is 0 Å². The molecule has 106 valence electrons. The number of amides is 1. The molecule has 2 aromatic heterocycles. The van der Waals surface area contributed by atoms with Crippen LogP contribution in [0.1, 0.15) is 22.0 Å². The predicted molar refractivity (Wildman–Crippen MR) is 77.3 cm³/mol. The zero-order valence-corrected chi connectivity index (χ0v) is 12.2. The van der Waals surface area contributed by atoms with E-state index in [0.717, 1.165) is 5.76 Å². The van der Waals surface area contributed by atoms with Gasteiger partial charge in [-0.3, -0.25) is 14.9 Å². The van der Waals surface area contributed by atoms with Crippen LogP contribution < -0.4 is 5.32 Å². The SMILES string of the molecule is CSCc1ccc(C(=O)Nc2nc(CC(=O)O)cs2)o1. The molecule has 8 heteroatoms. The van der Waals surface area contributed by atoms with Crippen LogP contribution in [-0.2, 0) is 17.0 Å². The Kier molecular flexibility index (Phi) is 4.80. The first-order chi connectivity index (χ1) is 9.58. The summed E-state index contributed by atoms with van der Waals surface area (Å²) in [5.74, 6) is 0.291. The Morgan fingerprint density at radius 1 is 1.50 bits per heavy atom. The number of hydrogen-bond acceptors (Lipinski definition) is 6. The second-order valence-corrected chi connectivity index (χ2v) is 5.59. The fourth-order valence-corrected chi connectivity index (χ4v) is 2.62. The number of hydrogen-bond donors (Lipinski definition) is 2. The van der Waals surface area contributed by atoms with Crippen LogP contribution in [0.25, 0.3) is 0 Å². The van der Waals surface area contributed by atoms with E-state index in [1.807, 2.05) is 6.26 Å². The van der Waals surface area contributed by atoms with Gasteiger partial charge >= 0.3 is 5.97 Å². The maximum atomic E-state index is 11.9. The number of furan rings is 1. The summed E-state index contributed by atoms with van der Waals surface area (Å²) in [6.45, 7) is 0. The number of carbonyl (C=O) groups excluding carboxylic acids is 1. The fraction of sp³-hybridized carbons (Fsp3) is 0.250. The van der Waals surface area contributed by atoms with Gasteiger partial charge in [0.05, 0.1) is 17.9 Å². The molecule has 0 atom stereocenters. The zero-order chi connectivity index (χ0) is 14.5. The van der Waals surface area contributed by atoms with Gasteiger partial charge in [0.15, 0.2) is 10.9 Å². The number of thioether (sulfide) groups is 1. The Morgan fingerprint density at radius 2 is 2.30 bits per heavy atom. The molecule has 2 rings (SSSR count). The predicted octanol–water partition coefficient (Wildman–Crippen LogP) is 2.48. The van der Waals surface area contributed by atoms with E-state index in [-0.39, 0.29) is 12.2 Å². The maximum Gasteiger partial charge on any atom is 0.309 e. The van der Waals surface area contributed by atoms with Crippen LogP contribution in [0.4, 0.5) is 5.13 Å². The number of nitrogens with zero attached hydrogens (tertiary/aromatic N) is 1. The summed E-state index contributed by atoms with van der Waals surface area (Å²) < 4.78 is 5.38. The number of carboxylic acids is 1. The molecule has 0 fully saturated rings. The third-order valence-electron chi connectivity index (χ3n) is 2.28. The van der Waals surface area contributed by atoms with Crippen molar-refractivity contribution in [2.45, 2.75) is 12.2 Å². The van der Waals surface area contributed by atoms with Crippen LogP contribution in [0.15, 0.2) is 21.9 Å². The minimum absolute atomic E-state index is 0.162. The van der Waals surface area contributed by atoms with E-state index in [0.29, 0.717) is 16.6 Å². The van der Waals surface area contributed by atoms with Crippen molar-refractivity contribution < 1.29 is 19.1 Å². The highest BCUT2D eigenvalue weighted by Gasteiger charge is 2.14. The number of anilines is 1. The molecule has 0 aliphatic heterocycles. The molecule has 1 amide bonds. The first-order valence-corrected chi connectivity index (χ1v) is 7.91. The summed E-state index contributed by atoms with van der Waals surface area (Å²) in [5, 5.41) is 13.2. The third-order valence-corrected chi connectivity index (χ3v) is 3.66. The average Bonchev–Trinajstić information content (AvgIpc) is 2.99. The lowest BCUT2D eigenvalue weighted by Crippen LogP contribution is -2.11. The molecule has 6 nitrogen and oxygen atoms in total. The van der Waals surface area contributed by atoms with Crippen LogP contribution in [-0.4, -0.2) is 28.2 Å². The number of aromatic nitrogens is 1. The number of carboxylic acid groups (broad SMARTS) is 1. The summed E-state index contributed by atoms with van der Waals surface area (Å²) in [5.41, 5.74) is 0.417. The van der Waals surface area contributed by atoms with Crippen molar-refractivity contribution in [1.29, 1.82) is 0 Å². The normalized spacial score (nSPS) is 10.4. The van der Waals surface area contributed by atoms with Gasteiger partial charge in [-0.2, -0.15) is 11.8 Å². The molecular weight excluding hydrogens is 300 g/mol. The first-order valence-electron chi connectivity index (χ1n) is 5.63. The molecule has 0 aromatic carbocycles. The Morgan fingerprint density at radius 3 is 3.00 bits per heavy atom. The molecule has 0 spiro atoms. The molecule has 20 heavy (non-hydrogen) atoms. The topological polar surface area (TPSA) is 92.4 Å². The molecule has 0 bridgehead atoms. The average molecular weight is 312 g/mol. The quantitative estimate of drug-likeness (QED) is 0.851. The zero-order valence-electron chi connectivity index (χ0n) is 10.6. The summed E-state index contributed by atoms with van der Waals surface area (Å²) >= 11 is 2.78. The van der Waals surface area contributed by atoms with E-state index in [1.54, 1.807) is 29.3 Å². The van der Waals surface area contributed by atoms with Crippen molar-refractivity contribution in [3.8, 4) is 0 Å². The van der Waals surface area contributed by atoms with E-state index in [1.165, 1.54) is 11.3 Å². The Hall–Kier alpha value is -1.80. The highest BCUT2D eigenvalue weighted by atomic mass is 32.2. The minimum Gasteiger partial charge on any atom is -0.481 e. The highest BCUT2D eigenvalue weighted by Crippen LogP contribution is 2.18. The Bertz CT molecular complexity index is 621. The van der Waals surface area contributed by atoms with Gasteiger partial charge in [0, 0.05) is 5.38 Å². The van der Waals surface area contributed by atoms with Crippen molar-refractivity contribution in [2.24, 2.45) is 0 Å². The van der Waals surface area contributed by atoms with Gasteiger partial charge in [-0.25, -0.2) is 4.98 Å². The molecule has 0 radical (unpaired) electrons. The van der Waals surface area contributed by atoms with E-state index in [9.17, 15) is 9.59 Å². The van der Waals surface area contributed by atoms with Crippen LogP contribution >= 0.6 is 23.1 Å². The monoisotopic (exact) mass is 312 g/mol. The number of rotatable bonds is 6. The molecule has 0 saturated carbocycles. The van der Waals surface area contributed by atoms with Gasteiger partial charge in [-0.15, -0.1) is 11.3 Å². The molecule has 0 aliphatic rings. The first kappa shape index (κ1) is 14.6. The van der Waals surface area contributed by atoms with Gasteiger partial charge in [-0.1, -0.05) is 0 Å². The van der Waals surface area contributed by atoms with Crippen molar-refractivity contribution in [3.05, 3.63) is 34.7 Å². The van der Waals surface area contributed by atoms with Crippen molar-refractivity contribution in [3.63, 3.8) is 0 Å². The highest BCUT2D eigenvalue weighted by molar-refractivity contribution is 7.97. The van der Waals surface area contributed by atoms with Crippen molar-refractivity contribution >= 4 is 40.1 Å². The maximum absolute atomic E-state index is 11.9. The van der Waals surface area contributed by atoms with Crippen molar-refractivity contribution in [2.75, 3.05) is 11.6 Å². The molecule has 2 N–H and O–H groups in total. The number of thiazole rings is 1. The summed E-state index contributed by atoms with van der Waals surface area (Å²) in [6, 6.07) is 3.36. The third kappa shape index (κ3) is 3.84. The second-order valence-electron chi connectivity index (χ2n) is 3.87. The lowest BCUT2D eigenvalue weighted by Gasteiger charge is -1.98. The lowest BCUT2D eigenvalue weighted by atomic mass is 10.3. The molecule has 0 unspecified atom stereocenters. The van der Waals surface area contributed by atoms with Gasteiger partial charge in [0.1, 0.15) is 5.76 Å². The van der Waals surface area contributed by atoms with E-state index < -0.39 is 11.9 Å². The van der Waals surface area contributed by atoms with Gasteiger partial charge in [-0.05, 0) is 18.4 Å². The molecule has 2 heterocycles. The van der Waals surface area contributed by atoms with E-state index in [2.05, 4.69) is 10.3 Å². The molecule has 0 saturated heterocycles. The summed E-state index contributed by atoms with van der Waals surface area (Å²) in [6.07, 6.45) is 1.78. The largest absolute Gasteiger partial charge is 0.481 e. The van der Waals surface area contributed by atoms with Crippen LogP contribution in [0.5, 0.6) is 0 Å². The minimum atomic E-state index is -0.957. The molecule has 0 aliphatic carbocycles. The van der Waals surface area contributed by atoms with Gasteiger partial charge < -0.3 is 9.52 Å². The smallest absolute Gasteiger partial charge is 0.309 e. The Labute approximate surface area is 123 Å². The number of nitrogens with one attached hydrogen (secondary N) is 1. The summed E-state index contributed by atoms with van der Waals surface area (Å²) in [7, 11) is 0.